The topological polar surface area (TPSA) is 63.1 Å². The molecule has 0 aliphatic carbocycles. The summed E-state index contributed by atoms with van der Waals surface area (Å²) in [6.07, 6.45) is -0.676. The highest BCUT2D eigenvalue weighted by molar-refractivity contribution is 6.30. The van der Waals surface area contributed by atoms with Gasteiger partial charge in [-0.25, -0.2) is 4.79 Å². The third kappa shape index (κ3) is 5.11. The number of carbonyl (C=O) groups excluding carboxylic acids is 2. The van der Waals surface area contributed by atoms with Crippen LogP contribution in [0.5, 0.6) is 0 Å². The molecule has 0 saturated carbocycles. The number of aryl methyl sites for hydroxylation is 1. The minimum absolute atomic E-state index is 0.254. The van der Waals surface area contributed by atoms with E-state index in [0.717, 1.165) is 41.8 Å². The number of hydrogen-bond donors (Lipinski definition) is 2. The number of alkyl carbamates (subject to hydrolysis) is 1. The van der Waals surface area contributed by atoms with E-state index < -0.39 is 6.09 Å². The molecule has 1 saturated heterocycles. The summed E-state index contributed by atoms with van der Waals surface area (Å²) in [5.74, 6) is -0.300. The van der Waals surface area contributed by atoms with Crippen LogP contribution in [0.3, 0.4) is 0 Å². The Bertz CT molecular complexity index is 572. The molecule has 1 aliphatic heterocycles. The molecule has 1 heterocycles. The first kappa shape index (κ1) is 17.6. The summed E-state index contributed by atoms with van der Waals surface area (Å²) >= 11 is 6.08. The SMILES string of the molecule is CCOC(=O)NC(=O)C[NH+]1CCN(c2cc(Cl)ccc2C)CC1. The fourth-order valence-electron chi connectivity index (χ4n) is 2.72. The zero-order valence-electron chi connectivity index (χ0n) is 13.5. The minimum Gasteiger partial charge on any atom is -0.450 e. The van der Waals surface area contributed by atoms with E-state index in [4.69, 9.17) is 16.3 Å². The van der Waals surface area contributed by atoms with Gasteiger partial charge in [0.15, 0.2) is 6.54 Å². The second-order valence-corrected chi connectivity index (χ2v) is 6.05. The number of piperazine rings is 1. The van der Waals surface area contributed by atoms with Gasteiger partial charge in [0, 0.05) is 10.7 Å². The van der Waals surface area contributed by atoms with Crippen molar-refractivity contribution in [3.05, 3.63) is 28.8 Å². The number of anilines is 1. The molecule has 1 aromatic carbocycles. The van der Waals surface area contributed by atoms with Crippen molar-refractivity contribution >= 4 is 29.3 Å². The fraction of sp³-hybridized carbons (Fsp3) is 0.500. The largest absolute Gasteiger partial charge is 0.450 e. The average molecular weight is 341 g/mol. The molecule has 0 aromatic heterocycles. The number of carbonyl (C=O) groups is 2. The van der Waals surface area contributed by atoms with E-state index in [0.29, 0.717) is 0 Å². The highest BCUT2D eigenvalue weighted by Gasteiger charge is 2.24. The van der Waals surface area contributed by atoms with Crippen molar-refractivity contribution in [2.75, 3.05) is 44.2 Å². The maximum atomic E-state index is 11.8. The number of hydrogen-bond acceptors (Lipinski definition) is 4. The van der Waals surface area contributed by atoms with E-state index in [2.05, 4.69) is 17.1 Å². The molecule has 2 amide bonds. The van der Waals surface area contributed by atoms with Gasteiger partial charge in [-0.05, 0) is 31.5 Å². The van der Waals surface area contributed by atoms with E-state index in [9.17, 15) is 9.59 Å². The first-order valence-electron chi connectivity index (χ1n) is 7.81. The molecule has 1 aromatic rings. The second kappa shape index (κ2) is 8.17. The lowest BCUT2D eigenvalue weighted by Crippen LogP contribution is -3.16. The molecule has 1 fully saturated rings. The van der Waals surface area contributed by atoms with Gasteiger partial charge in [-0.3, -0.25) is 10.1 Å². The summed E-state index contributed by atoms with van der Waals surface area (Å²) in [4.78, 5) is 26.4. The van der Waals surface area contributed by atoms with Gasteiger partial charge >= 0.3 is 6.09 Å². The highest BCUT2D eigenvalue weighted by Crippen LogP contribution is 2.24. The second-order valence-electron chi connectivity index (χ2n) is 5.61. The third-order valence-electron chi connectivity index (χ3n) is 3.91. The summed E-state index contributed by atoms with van der Waals surface area (Å²) in [5, 5.41) is 2.97. The molecule has 0 unspecified atom stereocenters. The summed E-state index contributed by atoms with van der Waals surface area (Å²) in [6.45, 7) is 7.67. The third-order valence-corrected chi connectivity index (χ3v) is 4.14. The van der Waals surface area contributed by atoms with E-state index in [-0.39, 0.29) is 19.1 Å². The molecule has 1 aliphatic rings. The first-order valence-corrected chi connectivity index (χ1v) is 8.18. The van der Waals surface area contributed by atoms with Crippen LogP contribution in [-0.2, 0) is 9.53 Å². The molecule has 126 valence electrons. The fourth-order valence-corrected chi connectivity index (χ4v) is 2.88. The van der Waals surface area contributed by atoms with Crippen molar-refractivity contribution in [3.8, 4) is 0 Å². The van der Waals surface area contributed by atoms with Crippen molar-refractivity contribution in [2.24, 2.45) is 0 Å². The number of imide groups is 1. The number of halogens is 1. The Hall–Kier alpha value is -1.79. The molecule has 0 spiro atoms. The van der Waals surface area contributed by atoms with Gasteiger partial charge in [-0.2, -0.15) is 0 Å². The number of nitrogens with zero attached hydrogens (tertiary/aromatic N) is 1. The molecular formula is C16H23ClN3O3+. The number of ether oxygens (including phenoxy) is 1. The summed E-state index contributed by atoms with van der Waals surface area (Å²) < 4.78 is 4.70. The Kier molecular flexibility index (Phi) is 6.24. The van der Waals surface area contributed by atoms with Crippen molar-refractivity contribution in [3.63, 3.8) is 0 Å². The van der Waals surface area contributed by atoms with Crippen LogP contribution in [0.4, 0.5) is 10.5 Å². The van der Waals surface area contributed by atoms with Crippen LogP contribution in [0.15, 0.2) is 18.2 Å². The van der Waals surface area contributed by atoms with Crippen LogP contribution in [0.25, 0.3) is 0 Å². The van der Waals surface area contributed by atoms with Gasteiger partial charge in [0.2, 0.25) is 0 Å². The number of quaternary nitrogens is 1. The van der Waals surface area contributed by atoms with E-state index in [1.54, 1.807) is 6.92 Å². The smallest absolute Gasteiger partial charge is 0.414 e. The summed E-state index contributed by atoms with van der Waals surface area (Å²) in [5.41, 5.74) is 2.34. The molecule has 0 radical (unpaired) electrons. The lowest BCUT2D eigenvalue weighted by atomic mass is 10.1. The molecule has 2 rings (SSSR count). The zero-order valence-corrected chi connectivity index (χ0v) is 14.3. The number of nitrogens with one attached hydrogen (secondary N) is 2. The molecule has 23 heavy (non-hydrogen) atoms. The Labute approximate surface area is 141 Å². The molecule has 6 nitrogen and oxygen atoms in total. The van der Waals surface area contributed by atoms with E-state index in [1.807, 2.05) is 18.2 Å². The maximum absolute atomic E-state index is 11.8. The van der Waals surface area contributed by atoms with Crippen LogP contribution in [0, 0.1) is 6.92 Å². The Morgan fingerprint density at radius 1 is 1.35 bits per heavy atom. The molecule has 0 atom stereocenters. The van der Waals surface area contributed by atoms with Crippen molar-refractivity contribution in [1.29, 1.82) is 0 Å². The van der Waals surface area contributed by atoms with Crippen LogP contribution >= 0.6 is 11.6 Å². The van der Waals surface area contributed by atoms with E-state index in [1.165, 1.54) is 5.56 Å². The lowest BCUT2D eigenvalue weighted by molar-refractivity contribution is -0.892. The van der Waals surface area contributed by atoms with Crippen LogP contribution in [0.1, 0.15) is 12.5 Å². The minimum atomic E-state index is -0.676. The highest BCUT2D eigenvalue weighted by atomic mass is 35.5. The summed E-state index contributed by atoms with van der Waals surface area (Å²) in [6, 6.07) is 5.89. The van der Waals surface area contributed by atoms with Crippen LogP contribution < -0.4 is 15.1 Å². The zero-order chi connectivity index (χ0) is 16.8. The van der Waals surface area contributed by atoms with Gasteiger partial charge in [0.1, 0.15) is 0 Å². The van der Waals surface area contributed by atoms with Gasteiger partial charge in [0.05, 0.1) is 32.8 Å². The predicted octanol–water partition coefficient (Wildman–Crippen LogP) is 0.626. The standard InChI is InChI=1S/C16H22ClN3O3/c1-3-23-16(22)18-15(21)11-19-6-8-20(9-7-19)14-10-13(17)5-4-12(14)2/h4-5,10H,3,6-9,11H2,1-2H3,(H,18,21,22)/p+1. The van der Waals surface area contributed by atoms with Crippen molar-refractivity contribution in [1.82, 2.24) is 5.32 Å². The maximum Gasteiger partial charge on any atom is 0.414 e. The Balaban J connectivity index is 1.83. The quantitative estimate of drug-likeness (QED) is 0.844. The molecule has 7 heteroatoms. The van der Waals surface area contributed by atoms with Crippen LogP contribution in [-0.4, -0.2) is 51.3 Å². The normalized spacial score (nSPS) is 15.3. The molecule has 0 bridgehead atoms. The Morgan fingerprint density at radius 3 is 2.70 bits per heavy atom. The lowest BCUT2D eigenvalue weighted by Gasteiger charge is -2.34. The number of amides is 2. The van der Waals surface area contributed by atoms with Gasteiger partial charge < -0.3 is 14.5 Å². The number of benzene rings is 1. The van der Waals surface area contributed by atoms with Gasteiger partial charge in [-0.15, -0.1) is 0 Å². The average Bonchev–Trinajstić information content (AvgIpc) is 2.50. The first-order chi connectivity index (χ1) is 11.0. The predicted molar refractivity (Wildman–Crippen MR) is 89.1 cm³/mol. The van der Waals surface area contributed by atoms with Gasteiger partial charge in [-0.1, -0.05) is 17.7 Å². The van der Waals surface area contributed by atoms with E-state index >= 15 is 0 Å². The van der Waals surface area contributed by atoms with Crippen molar-refractivity contribution in [2.45, 2.75) is 13.8 Å². The Morgan fingerprint density at radius 2 is 2.04 bits per heavy atom. The summed E-state index contributed by atoms with van der Waals surface area (Å²) in [7, 11) is 0. The van der Waals surface area contributed by atoms with Crippen LogP contribution in [0.2, 0.25) is 5.02 Å². The monoisotopic (exact) mass is 340 g/mol. The number of rotatable bonds is 4. The molecular weight excluding hydrogens is 318 g/mol. The van der Waals surface area contributed by atoms with Crippen molar-refractivity contribution < 1.29 is 19.2 Å². The molecule has 2 N–H and O–H groups in total. The van der Waals surface area contributed by atoms with Gasteiger partial charge in [0.25, 0.3) is 5.91 Å².